The van der Waals surface area contributed by atoms with Gasteiger partial charge in [-0.1, -0.05) is 50.5 Å². The van der Waals surface area contributed by atoms with Crippen molar-refractivity contribution in [3.63, 3.8) is 0 Å². The minimum absolute atomic E-state index is 0.149. The Hall–Kier alpha value is -1.69. The molecule has 0 nitrogen and oxygen atoms in total. The predicted octanol–water partition coefficient (Wildman–Crippen LogP) is 6.40. The fourth-order valence-corrected chi connectivity index (χ4v) is 3.29. The van der Waals surface area contributed by atoms with Crippen LogP contribution in [0, 0.1) is 41.1 Å². The molecular formula is C21H25F3. The molecule has 0 spiro atoms. The topological polar surface area (TPSA) is 0 Å². The number of hydrogen-bond donors (Lipinski definition) is 0. The van der Waals surface area contributed by atoms with Crippen LogP contribution >= 0.6 is 0 Å². The highest BCUT2D eigenvalue weighted by atomic mass is 19.2. The molecule has 0 atom stereocenters. The second-order valence-corrected chi connectivity index (χ2v) is 6.66. The van der Waals surface area contributed by atoms with E-state index in [1.54, 1.807) is 6.08 Å². The first-order valence-corrected chi connectivity index (χ1v) is 8.93. The molecule has 1 aromatic rings. The second kappa shape index (κ2) is 9.57. The van der Waals surface area contributed by atoms with E-state index in [2.05, 4.69) is 24.8 Å². The van der Waals surface area contributed by atoms with Gasteiger partial charge in [-0.3, -0.25) is 0 Å². The van der Waals surface area contributed by atoms with Crippen LogP contribution in [0.1, 0.15) is 63.9 Å². The molecule has 1 aliphatic rings. The first-order chi connectivity index (χ1) is 11.6. The van der Waals surface area contributed by atoms with Gasteiger partial charge in [-0.25, -0.2) is 13.2 Å². The summed E-state index contributed by atoms with van der Waals surface area (Å²) in [4.78, 5) is 0. The predicted molar refractivity (Wildman–Crippen MR) is 91.9 cm³/mol. The largest absolute Gasteiger partial charge is 0.204 e. The molecule has 24 heavy (non-hydrogen) atoms. The van der Waals surface area contributed by atoms with Crippen molar-refractivity contribution in [2.45, 2.75) is 58.3 Å². The molecule has 0 aliphatic heterocycles. The molecule has 3 heteroatoms. The van der Waals surface area contributed by atoms with Crippen molar-refractivity contribution in [2.24, 2.45) is 11.8 Å². The van der Waals surface area contributed by atoms with Gasteiger partial charge >= 0.3 is 0 Å². The zero-order chi connectivity index (χ0) is 17.4. The van der Waals surface area contributed by atoms with Gasteiger partial charge in [-0.05, 0) is 55.7 Å². The Labute approximate surface area is 143 Å². The van der Waals surface area contributed by atoms with E-state index >= 15 is 0 Å². The molecule has 0 amide bonds. The third-order valence-electron chi connectivity index (χ3n) is 4.76. The quantitative estimate of drug-likeness (QED) is 0.332. The fourth-order valence-electron chi connectivity index (χ4n) is 3.29. The van der Waals surface area contributed by atoms with E-state index in [9.17, 15) is 13.2 Å². The molecular weight excluding hydrogens is 309 g/mol. The summed E-state index contributed by atoms with van der Waals surface area (Å²) in [5.74, 6) is 3.00. The van der Waals surface area contributed by atoms with E-state index in [-0.39, 0.29) is 5.56 Å². The van der Waals surface area contributed by atoms with Gasteiger partial charge in [0.2, 0.25) is 0 Å². The molecule has 0 aromatic heterocycles. The first kappa shape index (κ1) is 18.6. The van der Waals surface area contributed by atoms with Gasteiger partial charge in [0.15, 0.2) is 17.5 Å². The molecule has 130 valence electrons. The highest BCUT2D eigenvalue weighted by Crippen LogP contribution is 2.32. The third kappa shape index (κ3) is 5.74. The van der Waals surface area contributed by atoms with Crippen molar-refractivity contribution in [1.29, 1.82) is 0 Å². The number of benzene rings is 1. The summed E-state index contributed by atoms with van der Waals surface area (Å²) in [5, 5.41) is 0. The Balaban J connectivity index is 1.80. The molecule has 0 unspecified atom stereocenters. The maximum atomic E-state index is 13.1. The average molecular weight is 334 g/mol. The van der Waals surface area contributed by atoms with E-state index in [4.69, 9.17) is 0 Å². The van der Waals surface area contributed by atoms with Gasteiger partial charge in [-0.2, -0.15) is 0 Å². The molecule has 0 radical (unpaired) electrons. The van der Waals surface area contributed by atoms with Crippen LogP contribution in [-0.2, 0) is 0 Å². The maximum absolute atomic E-state index is 13.1. The second-order valence-electron chi connectivity index (χ2n) is 6.66. The normalized spacial score (nSPS) is 20.8. The van der Waals surface area contributed by atoms with E-state index in [0.717, 1.165) is 18.1 Å². The molecule has 2 rings (SSSR count). The van der Waals surface area contributed by atoms with Crippen LogP contribution in [0.3, 0.4) is 0 Å². The van der Waals surface area contributed by atoms with Crippen molar-refractivity contribution in [3.05, 3.63) is 47.3 Å². The highest BCUT2D eigenvalue weighted by Gasteiger charge is 2.18. The lowest BCUT2D eigenvalue weighted by atomic mass is 9.79. The lowest BCUT2D eigenvalue weighted by Crippen LogP contribution is -2.12. The van der Waals surface area contributed by atoms with E-state index < -0.39 is 17.5 Å². The third-order valence-corrected chi connectivity index (χ3v) is 4.76. The number of allylic oxidation sites excluding steroid dienone is 2. The average Bonchev–Trinajstić information content (AvgIpc) is 2.58. The molecule has 1 aromatic carbocycles. The van der Waals surface area contributed by atoms with E-state index in [1.165, 1.54) is 51.4 Å². The van der Waals surface area contributed by atoms with Crippen molar-refractivity contribution in [2.75, 3.05) is 0 Å². The summed E-state index contributed by atoms with van der Waals surface area (Å²) in [5.41, 5.74) is 0.149. The summed E-state index contributed by atoms with van der Waals surface area (Å²) >= 11 is 0. The van der Waals surface area contributed by atoms with Crippen molar-refractivity contribution in [1.82, 2.24) is 0 Å². The maximum Gasteiger partial charge on any atom is 0.194 e. The Morgan fingerprint density at radius 3 is 2.33 bits per heavy atom. The summed E-state index contributed by atoms with van der Waals surface area (Å²) in [6.07, 6.45) is 14.1. The van der Waals surface area contributed by atoms with Crippen LogP contribution < -0.4 is 0 Å². The van der Waals surface area contributed by atoms with Crippen molar-refractivity contribution in [3.8, 4) is 11.8 Å². The highest BCUT2D eigenvalue weighted by molar-refractivity contribution is 5.37. The minimum Gasteiger partial charge on any atom is -0.204 e. The molecule has 1 fully saturated rings. The van der Waals surface area contributed by atoms with Gasteiger partial charge < -0.3 is 0 Å². The van der Waals surface area contributed by atoms with E-state index in [1.807, 2.05) is 0 Å². The Morgan fingerprint density at radius 1 is 1.04 bits per heavy atom. The first-order valence-electron chi connectivity index (χ1n) is 8.93. The Morgan fingerprint density at radius 2 is 1.71 bits per heavy atom. The lowest BCUT2D eigenvalue weighted by molar-refractivity contribution is 0.289. The minimum atomic E-state index is -1.45. The zero-order valence-electron chi connectivity index (χ0n) is 14.3. The van der Waals surface area contributed by atoms with Gasteiger partial charge in [-0.15, -0.1) is 0 Å². The molecule has 0 heterocycles. The number of hydrogen-bond acceptors (Lipinski definition) is 0. The van der Waals surface area contributed by atoms with Crippen LogP contribution in [0.25, 0.3) is 0 Å². The molecule has 0 saturated heterocycles. The Bertz CT molecular complexity index is 591. The van der Waals surface area contributed by atoms with Gasteiger partial charge in [0, 0.05) is 5.56 Å². The van der Waals surface area contributed by atoms with Crippen molar-refractivity contribution >= 4 is 0 Å². The summed E-state index contributed by atoms with van der Waals surface area (Å²) < 4.78 is 39.0. The van der Waals surface area contributed by atoms with Crippen LogP contribution in [0.2, 0.25) is 0 Å². The molecule has 0 N–H and O–H groups in total. The number of rotatable bonds is 5. The summed E-state index contributed by atoms with van der Waals surface area (Å²) in [6, 6.07) is 1.83. The SMILES string of the molecule is CCCCC[C@H]1CC[C@H](/C=C/C#Cc2cc(F)c(F)c(F)c2)CC1. The van der Waals surface area contributed by atoms with E-state index in [0.29, 0.717) is 5.92 Å². The van der Waals surface area contributed by atoms with Crippen LogP contribution in [0.15, 0.2) is 24.3 Å². The number of unbranched alkanes of at least 4 members (excludes halogenated alkanes) is 2. The van der Waals surface area contributed by atoms with Gasteiger partial charge in [0.25, 0.3) is 0 Å². The standard InChI is InChI=1S/C21H25F3/c1-2-3-4-7-16-10-12-17(13-11-16)8-5-6-9-18-14-19(22)21(24)20(23)15-18/h5,8,14-17H,2-4,7,10-13H2,1H3/b8-5+/t16-,17-. The lowest BCUT2D eigenvalue weighted by Gasteiger charge is -2.26. The number of halogens is 3. The van der Waals surface area contributed by atoms with Crippen LogP contribution in [0.5, 0.6) is 0 Å². The van der Waals surface area contributed by atoms with Crippen LogP contribution in [-0.4, -0.2) is 0 Å². The van der Waals surface area contributed by atoms with Crippen molar-refractivity contribution < 1.29 is 13.2 Å². The zero-order valence-corrected chi connectivity index (χ0v) is 14.3. The molecule has 0 bridgehead atoms. The molecule has 1 saturated carbocycles. The summed E-state index contributed by atoms with van der Waals surface area (Å²) in [6.45, 7) is 2.23. The summed E-state index contributed by atoms with van der Waals surface area (Å²) in [7, 11) is 0. The molecule has 1 aliphatic carbocycles. The van der Waals surface area contributed by atoms with Gasteiger partial charge in [0.1, 0.15) is 0 Å². The fraction of sp³-hybridized carbons (Fsp3) is 0.524. The van der Waals surface area contributed by atoms with Crippen LogP contribution in [0.4, 0.5) is 13.2 Å². The Kier molecular flexibility index (Phi) is 7.43. The smallest absolute Gasteiger partial charge is 0.194 e. The van der Waals surface area contributed by atoms with Gasteiger partial charge in [0.05, 0.1) is 0 Å². The monoisotopic (exact) mass is 334 g/mol.